The molecular formula is C18H24N4O. The molecule has 0 unspecified atom stereocenters. The summed E-state index contributed by atoms with van der Waals surface area (Å²) < 4.78 is 0. The van der Waals surface area contributed by atoms with Gasteiger partial charge in [0.1, 0.15) is 6.54 Å². The number of hydrogen-bond acceptors (Lipinski definition) is 2. The molecule has 0 atom stereocenters. The average molecular weight is 312 g/mol. The van der Waals surface area contributed by atoms with Crippen molar-refractivity contribution >= 4 is 17.6 Å². The summed E-state index contributed by atoms with van der Waals surface area (Å²) in [6.07, 6.45) is 12.6. The standard InChI is InChI=1S/C18H24N4O/c1-2-14-8-7-11-16(12-14)21-17(23)13-20-18(19)22-15-9-5-3-4-6-10-15/h1,7-8,11-12,15H,3-6,9-10,13H2,(H,21,23)(H3,19,20,22). The second kappa shape index (κ2) is 8.84. The number of nitrogens with zero attached hydrogens (tertiary/aromatic N) is 1. The lowest BCUT2D eigenvalue weighted by molar-refractivity contribution is -0.114. The molecule has 5 nitrogen and oxygen atoms in total. The van der Waals surface area contributed by atoms with Crippen molar-refractivity contribution in [3.05, 3.63) is 29.8 Å². The summed E-state index contributed by atoms with van der Waals surface area (Å²) >= 11 is 0. The SMILES string of the molecule is C#Cc1cccc(NC(=O)CN=C(N)NC2CCCCCC2)c1. The molecule has 0 aliphatic heterocycles. The van der Waals surface area contributed by atoms with Crippen molar-refractivity contribution in [2.45, 2.75) is 44.6 Å². The summed E-state index contributed by atoms with van der Waals surface area (Å²) in [5.74, 6) is 2.65. The van der Waals surface area contributed by atoms with Crippen LogP contribution in [0, 0.1) is 12.3 Å². The van der Waals surface area contributed by atoms with Crippen molar-refractivity contribution in [3.63, 3.8) is 0 Å². The number of guanidine groups is 1. The lowest BCUT2D eigenvalue weighted by Gasteiger charge is -2.16. The predicted octanol–water partition coefficient (Wildman–Crippen LogP) is 2.23. The lowest BCUT2D eigenvalue weighted by atomic mass is 10.1. The zero-order chi connectivity index (χ0) is 16.5. The third-order valence-corrected chi connectivity index (χ3v) is 3.91. The molecule has 0 saturated heterocycles. The van der Waals surface area contributed by atoms with E-state index in [9.17, 15) is 4.79 Å². The van der Waals surface area contributed by atoms with Gasteiger partial charge in [-0.15, -0.1) is 6.42 Å². The Kier molecular flexibility index (Phi) is 6.49. The van der Waals surface area contributed by atoms with E-state index in [2.05, 4.69) is 21.5 Å². The monoisotopic (exact) mass is 312 g/mol. The third-order valence-electron chi connectivity index (χ3n) is 3.91. The fraction of sp³-hybridized carbons (Fsp3) is 0.444. The Morgan fingerprint density at radius 3 is 2.74 bits per heavy atom. The van der Waals surface area contributed by atoms with Gasteiger partial charge in [-0.05, 0) is 31.0 Å². The minimum atomic E-state index is -0.218. The minimum absolute atomic E-state index is 0.00810. The van der Waals surface area contributed by atoms with E-state index in [0.29, 0.717) is 17.7 Å². The Bertz CT molecular complexity index is 595. The van der Waals surface area contributed by atoms with Crippen LogP contribution in [0.25, 0.3) is 0 Å². The summed E-state index contributed by atoms with van der Waals surface area (Å²) in [6.45, 7) is -0.00810. The van der Waals surface area contributed by atoms with Gasteiger partial charge in [0.2, 0.25) is 5.91 Å². The highest BCUT2D eigenvalue weighted by atomic mass is 16.1. The van der Waals surface area contributed by atoms with E-state index in [1.54, 1.807) is 18.2 Å². The molecule has 1 aliphatic rings. The number of carbonyl (C=O) groups excluding carboxylic acids is 1. The summed E-state index contributed by atoms with van der Waals surface area (Å²) in [5.41, 5.74) is 7.26. The van der Waals surface area contributed by atoms with Crippen LogP contribution in [0.15, 0.2) is 29.3 Å². The van der Waals surface area contributed by atoms with Crippen LogP contribution in [0.5, 0.6) is 0 Å². The van der Waals surface area contributed by atoms with E-state index in [-0.39, 0.29) is 12.5 Å². The number of amides is 1. The van der Waals surface area contributed by atoms with Gasteiger partial charge in [-0.25, -0.2) is 4.99 Å². The Hall–Kier alpha value is -2.48. The van der Waals surface area contributed by atoms with Gasteiger partial charge < -0.3 is 16.4 Å². The molecule has 1 aliphatic carbocycles. The van der Waals surface area contributed by atoms with Gasteiger partial charge in [0, 0.05) is 17.3 Å². The molecule has 5 heteroatoms. The highest BCUT2D eigenvalue weighted by Gasteiger charge is 2.12. The number of terminal acetylenes is 1. The summed E-state index contributed by atoms with van der Waals surface area (Å²) in [4.78, 5) is 16.0. The molecule has 1 fully saturated rings. The fourth-order valence-corrected chi connectivity index (χ4v) is 2.72. The Balaban J connectivity index is 1.81. The molecular weight excluding hydrogens is 288 g/mol. The number of hydrogen-bond donors (Lipinski definition) is 3. The second-order valence-electron chi connectivity index (χ2n) is 5.81. The first kappa shape index (κ1) is 16.9. The van der Waals surface area contributed by atoms with Crippen LogP contribution in [-0.2, 0) is 4.79 Å². The van der Waals surface area contributed by atoms with Gasteiger partial charge in [-0.2, -0.15) is 0 Å². The van der Waals surface area contributed by atoms with Crippen LogP contribution in [0.2, 0.25) is 0 Å². The van der Waals surface area contributed by atoms with Crippen molar-refractivity contribution in [2.24, 2.45) is 10.7 Å². The number of aliphatic imine (C=N–C) groups is 1. The third kappa shape index (κ3) is 6.03. The molecule has 0 heterocycles. The zero-order valence-electron chi connectivity index (χ0n) is 13.3. The second-order valence-corrected chi connectivity index (χ2v) is 5.81. The van der Waals surface area contributed by atoms with Crippen LogP contribution < -0.4 is 16.4 Å². The van der Waals surface area contributed by atoms with Gasteiger partial charge >= 0.3 is 0 Å². The van der Waals surface area contributed by atoms with Crippen LogP contribution >= 0.6 is 0 Å². The van der Waals surface area contributed by atoms with Crippen LogP contribution in [0.3, 0.4) is 0 Å². The number of rotatable bonds is 4. The molecule has 1 aromatic carbocycles. The Morgan fingerprint density at radius 2 is 2.04 bits per heavy atom. The number of nitrogens with two attached hydrogens (primary N) is 1. The maximum absolute atomic E-state index is 11.9. The van der Waals surface area contributed by atoms with Gasteiger partial charge in [0.25, 0.3) is 0 Å². The Morgan fingerprint density at radius 1 is 1.30 bits per heavy atom. The van der Waals surface area contributed by atoms with Gasteiger partial charge in [0.05, 0.1) is 0 Å². The maximum atomic E-state index is 11.9. The summed E-state index contributed by atoms with van der Waals surface area (Å²) in [5, 5.41) is 5.98. The number of carbonyl (C=O) groups is 1. The van der Waals surface area contributed by atoms with Crippen molar-refractivity contribution in [2.75, 3.05) is 11.9 Å². The highest BCUT2D eigenvalue weighted by molar-refractivity contribution is 5.94. The molecule has 2 rings (SSSR count). The molecule has 1 saturated carbocycles. The topological polar surface area (TPSA) is 79.5 Å². The first-order chi connectivity index (χ1) is 11.2. The molecule has 0 aromatic heterocycles. The lowest BCUT2D eigenvalue weighted by Crippen LogP contribution is -2.40. The number of anilines is 1. The molecule has 122 valence electrons. The van der Waals surface area contributed by atoms with E-state index in [0.717, 1.165) is 18.4 Å². The zero-order valence-corrected chi connectivity index (χ0v) is 13.3. The van der Waals surface area contributed by atoms with Crippen molar-refractivity contribution in [3.8, 4) is 12.3 Å². The fourth-order valence-electron chi connectivity index (χ4n) is 2.72. The average Bonchev–Trinajstić information content (AvgIpc) is 2.82. The molecule has 4 N–H and O–H groups in total. The van der Waals surface area contributed by atoms with E-state index in [1.807, 2.05) is 6.07 Å². The summed E-state index contributed by atoms with van der Waals surface area (Å²) in [6, 6.07) is 7.51. The van der Waals surface area contributed by atoms with E-state index in [1.165, 1.54) is 25.7 Å². The van der Waals surface area contributed by atoms with E-state index in [4.69, 9.17) is 12.2 Å². The minimum Gasteiger partial charge on any atom is -0.370 e. The molecule has 1 aromatic rings. The quantitative estimate of drug-likeness (QED) is 0.345. The smallest absolute Gasteiger partial charge is 0.246 e. The van der Waals surface area contributed by atoms with Crippen LogP contribution in [0.4, 0.5) is 5.69 Å². The number of benzene rings is 1. The first-order valence-corrected chi connectivity index (χ1v) is 8.10. The molecule has 23 heavy (non-hydrogen) atoms. The van der Waals surface area contributed by atoms with E-state index < -0.39 is 0 Å². The summed E-state index contributed by atoms with van der Waals surface area (Å²) in [7, 11) is 0. The molecule has 0 spiro atoms. The van der Waals surface area contributed by atoms with E-state index >= 15 is 0 Å². The van der Waals surface area contributed by atoms with Crippen LogP contribution in [0.1, 0.15) is 44.1 Å². The largest absolute Gasteiger partial charge is 0.370 e. The Labute approximate surface area is 137 Å². The molecule has 0 bridgehead atoms. The van der Waals surface area contributed by atoms with Gasteiger partial charge in [-0.1, -0.05) is 37.7 Å². The maximum Gasteiger partial charge on any atom is 0.246 e. The van der Waals surface area contributed by atoms with Crippen LogP contribution in [-0.4, -0.2) is 24.5 Å². The number of nitrogens with one attached hydrogen (secondary N) is 2. The van der Waals surface area contributed by atoms with Crippen molar-refractivity contribution in [1.29, 1.82) is 0 Å². The normalized spacial score (nSPS) is 16.2. The molecule has 1 amide bonds. The van der Waals surface area contributed by atoms with Gasteiger partial charge in [-0.3, -0.25) is 4.79 Å². The first-order valence-electron chi connectivity index (χ1n) is 8.10. The predicted molar refractivity (Wildman–Crippen MR) is 94.1 cm³/mol. The highest BCUT2D eigenvalue weighted by Crippen LogP contribution is 2.16. The molecule has 0 radical (unpaired) electrons. The van der Waals surface area contributed by atoms with Crippen molar-refractivity contribution in [1.82, 2.24) is 5.32 Å². The van der Waals surface area contributed by atoms with Crippen molar-refractivity contribution < 1.29 is 4.79 Å². The van der Waals surface area contributed by atoms with Gasteiger partial charge in [0.15, 0.2) is 5.96 Å².